The molecule has 0 bridgehead atoms. The molecule has 34 heavy (non-hydrogen) atoms. The fourth-order valence-corrected chi connectivity index (χ4v) is 4.90. The third kappa shape index (κ3) is 5.41. The van der Waals surface area contributed by atoms with Crippen molar-refractivity contribution in [2.24, 2.45) is 0 Å². The normalized spacial score (nSPS) is 12.3. The van der Waals surface area contributed by atoms with Crippen LogP contribution in [0.1, 0.15) is 38.9 Å². The van der Waals surface area contributed by atoms with E-state index in [-0.39, 0.29) is 11.9 Å². The molecule has 0 spiro atoms. The van der Waals surface area contributed by atoms with Gasteiger partial charge in [0.2, 0.25) is 5.16 Å². The van der Waals surface area contributed by atoms with E-state index >= 15 is 0 Å². The fraction of sp³-hybridized carbons (Fsp3) is 0.280. The molecule has 9 heteroatoms. The number of likely N-dealkylation sites (N-methyl/N-ethyl adjacent to an activating group) is 1. The van der Waals surface area contributed by atoms with Gasteiger partial charge in [-0.25, -0.2) is 9.50 Å². The Morgan fingerprint density at radius 1 is 1.12 bits per heavy atom. The van der Waals surface area contributed by atoms with E-state index in [0.717, 1.165) is 22.5 Å². The fourth-order valence-electron chi connectivity index (χ4n) is 3.82. The van der Waals surface area contributed by atoms with Gasteiger partial charge in [0.15, 0.2) is 0 Å². The number of nitrogens with one attached hydrogen (secondary N) is 1. The van der Waals surface area contributed by atoms with Gasteiger partial charge in [-0.1, -0.05) is 59.8 Å². The van der Waals surface area contributed by atoms with Crippen LogP contribution in [0.2, 0.25) is 5.02 Å². The lowest BCUT2D eigenvalue weighted by molar-refractivity contribution is 0.0941. The summed E-state index contributed by atoms with van der Waals surface area (Å²) >= 11 is 7.89. The lowest BCUT2D eigenvalue weighted by Crippen LogP contribution is -2.35. The number of hydrogen-bond donors (Lipinski definition) is 1. The van der Waals surface area contributed by atoms with Crippen LogP contribution in [0, 0.1) is 13.8 Å². The summed E-state index contributed by atoms with van der Waals surface area (Å²) in [5, 5.41) is 8.95. The van der Waals surface area contributed by atoms with Gasteiger partial charge in [-0.05, 0) is 57.3 Å². The number of amides is 1. The number of aryl methyl sites for hydroxylation is 2. The molecule has 0 aliphatic rings. The van der Waals surface area contributed by atoms with Crippen molar-refractivity contribution in [3.05, 3.63) is 87.7 Å². The number of carbonyl (C=O) groups excluding carboxylic acids is 1. The zero-order valence-electron chi connectivity index (χ0n) is 19.6. The Hall–Kier alpha value is -2.94. The summed E-state index contributed by atoms with van der Waals surface area (Å²) in [7, 11) is 3.95. The molecule has 0 radical (unpaired) electrons. The van der Waals surface area contributed by atoms with E-state index in [1.54, 1.807) is 4.52 Å². The first-order chi connectivity index (χ1) is 16.3. The van der Waals surface area contributed by atoms with Gasteiger partial charge in [-0.3, -0.25) is 4.79 Å². The second-order valence-electron chi connectivity index (χ2n) is 8.30. The van der Waals surface area contributed by atoms with Crippen LogP contribution in [0.25, 0.3) is 5.78 Å². The predicted molar refractivity (Wildman–Crippen MR) is 136 cm³/mol. The minimum Gasteiger partial charge on any atom is -0.350 e. The van der Waals surface area contributed by atoms with Gasteiger partial charge < -0.3 is 10.2 Å². The highest BCUT2D eigenvalue weighted by Crippen LogP contribution is 2.26. The Labute approximate surface area is 208 Å². The van der Waals surface area contributed by atoms with Gasteiger partial charge >= 0.3 is 0 Å². The van der Waals surface area contributed by atoms with Gasteiger partial charge in [0.05, 0.1) is 6.04 Å². The Balaban J connectivity index is 1.47. The topological polar surface area (TPSA) is 75.4 Å². The Kier molecular flexibility index (Phi) is 7.50. The van der Waals surface area contributed by atoms with Crippen LogP contribution in [0.15, 0.2) is 59.8 Å². The summed E-state index contributed by atoms with van der Waals surface area (Å²) in [6.07, 6.45) is 0. The molecule has 2 heterocycles. The van der Waals surface area contributed by atoms with Crippen LogP contribution in [0.4, 0.5) is 0 Å². The number of aromatic nitrogens is 4. The van der Waals surface area contributed by atoms with Crippen molar-refractivity contribution in [3.8, 4) is 0 Å². The molecule has 1 amide bonds. The summed E-state index contributed by atoms with van der Waals surface area (Å²) in [4.78, 5) is 24.1. The molecule has 1 N–H and O–H groups in total. The van der Waals surface area contributed by atoms with E-state index in [0.29, 0.717) is 33.8 Å². The maximum Gasteiger partial charge on any atom is 0.253 e. The summed E-state index contributed by atoms with van der Waals surface area (Å²) < 4.78 is 1.74. The van der Waals surface area contributed by atoms with E-state index in [1.807, 2.05) is 82.5 Å². The average Bonchev–Trinajstić information content (AvgIpc) is 3.22. The van der Waals surface area contributed by atoms with E-state index < -0.39 is 0 Å². The van der Waals surface area contributed by atoms with E-state index in [4.69, 9.17) is 11.6 Å². The number of fused-ring (bicyclic) bond motifs is 1. The molecule has 2 aromatic heterocycles. The maximum atomic E-state index is 13.1. The van der Waals surface area contributed by atoms with E-state index in [1.165, 1.54) is 11.8 Å². The van der Waals surface area contributed by atoms with Crippen molar-refractivity contribution in [3.63, 3.8) is 0 Å². The van der Waals surface area contributed by atoms with Crippen LogP contribution in [-0.4, -0.2) is 51.0 Å². The van der Waals surface area contributed by atoms with Crippen molar-refractivity contribution in [1.82, 2.24) is 29.8 Å². The van der Waals surface area contributed by atoms with Crippen molar-refractivity contribution < 1.29 is 4.79 Å². The third-order valence-electron chi connectivity index (χ3n) is 5.56. The number of hydrogen-bond acceptors (Lipinski definition) is 6. The lowest BCUT2D eigenvalue weighted by atomic mass is 10.0. The summed E-state index contributed by atoms with van der Waals surface area (Å²) in [5.41, 5.74) is 4.43. The van der Waals surface area contributed by atoms with Crippen LogP contribution < -0.4 is 5.32 Å². The van der Waals surface area contributed by atoms with Gasteiger partial charge in [-0.2, -0.15) is 4.98 Å². The number of benzene rings is 2. The van der Waals surface area contributed by atoms with Crippen LogP contribution in [0.5, 0.6) is 0 Å². The number of carbonyl (C=O) groups is 1. The predicted octanol–water partition coefficient (Wildman–Crippen LogP) is 4.72. The first kappa shape index (κ1) is 24.2. The standard InChI is InChI=1S/C25H27ClN6OS/c1-16-13-17(2)32-24(28-16)29-25(30-32)34-15-18-9-5-6-10-19(18)23(33)27-14-22(31(3)4)20-11-7-8-12-21(20)26/h5-13,22H,14-15H2,1-4H3,(H,27,33)/t22-/m1/s1. The Morgan fingerprint density at radius 2 is 1.85 bits per heavy atom. The third-order valence-corrected chi connectivity index (χ3v) is 6.79. The summed E-state index contributed by atoms with van der Waals surface area (Å²) in [5.74, 6) is 1.03. The quantitative estimate of drug-likeness (QED) is 0.357. The second-order valence-corrected chi connectivity index (χ2v) is 9.65. The molecule has 0 aliphatic heterocycles. The molecule has 176 valence electrons. The van der Waals surface area contributed by atoms with Crippen LogP contribution in [0.3, 0.4) is 0 Å². The molecular formula is C25H27ClN6OS. The van der Waals surface area contributed by atoms with Gasteiger partial charge in [0.25, 0.3) is 11.7 Å². The lowest BCUT2D eigenvalue weighted by Gasteiger charge is -2.26. The minimum absolute atomic E-state index is 0.0412. The van der Waals surface area contributed by atoms with Crippen LogP contribution >= 0.6 is 23.4 Å². The molecule has 4 rings (SSSR count). The zero-order valence-corrected chi connectivity index (χ0v) is 21.2. The largest absolute Gasteiger partial charge is 0.350 e. The van der Waals surface area contributed by atoms with Crippen molar-refractivity contribution in [1.29, 1.82) is 0 Å². The SMILES string of the molecule is Cc1cc(C)n2nc(SCc3ccccc3C(=O)NC[C@H](c3ccccc3Cl)N(C)C)nc2n1. The number of halogens is 1. The number of thioether (sulfide) groups is 1. The molecule has 0 saturated heterocycles. The first-order valence-electron chi connectivity index (χ1n) is 10.9. The van der Waals surface area contributed by atoms with Gasteiger partial charge in [-0.15, -0.1) is 5.10 Å². The molecule has 2 aromatic carbocycles. The molecule has 0 saturated carbocycles. The number of rotatable bonds is 8. The number of nitrogens with zero attached hydrogens (tertiary/aromatic N) is 5. The Bertz CT molecular complexity index is 1320. The average molecular weight is 495 g/mol. The van der Waals surface area contributed by atoms with Crippen molar-refractivity contribution in [2.45, 2.75) is 30.8 Å². The molecular weight excluding hydrogens is 468 g/mol. The van der Waals surface area contributed by atoms with Crippen molar-refractivity contribution >= 4 is 35.0 Å². The molecule has 0 unspecified atom stereocenters. The monoisotopic (exact) mass is 494 g/mol. The smallest absolute Gasteiger partial charge is 0.253 e. The highest BCUT2D eigenvalue weighted by Gasteiger charge is 2.19. The zero-order chi connectivity index (χ0) is 24.2. The summed E-state index contributed by atoms with van der Waals surface area (Å²) in [6, 6.07) is 17.3. The van der Waals surface area contributed by atoms with E-state index in [2.05, 4.69) is 25.3 Å². The highest BCUT2D eigenvalue weighted by atomic mass is 35.5. The highest BCUT2D eigenvalue weighted by molar-refractivity contribution is 7.98. The minimum atomic E-state index is -0.119. The maximum absolute atomic E-state index is 13.1. The van der Waals surface area contributed by atoms with E-state index in [9.17, 15) is 4.79 Å². The summed E-state index contributed by atoms with van der Waals surface area (Å²) in [6.45, 7) is 4.36. The first-order valence-corrected chi connectivity index (χ1v) is 12.3. The van der Waals surface area contributed by atoms with Gasteiger partial charge in [0.1, 0.15) is 0 Å². The second kappa shape index (κ2) is 10.5. The molecule has 0 fully saturated rings. The van der Waals surface area contributed by atoms with Gasteiger partial charge in [0, 0.05) is 34.3 Å². The molecule has 4 aromatic rings. The van der Waals surface area contributed by atoms with Crippen LogP contribution in [-0.2, 0) is 5.75 Å². The molecule has 0 aliphatic carbocycles. The van der Waals surface area contributed by atoms with Crippen molar-refractivity contribution in [2.75, 3.05) is 20.6 Å². The molecule has 1 atom stereocenters. The molecule has 7 nitrogen and oxygen atoms in total. The Morgan fingerprint density at radius 3 is 2.62 bits per heavy atom.